The molecule has 0 bridgehead atoms. The second kappa shape index (κ2) is 13.4. The van der Waals surface area contributed by atoms with Gasteiger partial charge >= 0.3 is 0 Å². The summed E-state index contributed by atoms with van der Waals surface area (Å²) in [5, 5.41) is 5.87. The van der Waals surface area contributed by atoms with Crippen LogP contribution in [-0.2, 0) is 0 Å². The number of nitrogens with zero attached hydrogens (tertiary/aromatic N) is 4. The van der Waals surface area contributed by atoms with Gasteiger partial charge in [0.1, 0.15) is 0 Å². The highest BCUT2D eigenvalue weighted by atomic mass is 15.0. The zero-order chi connectivity index (χ0) is 35.8. The Balaban J connectivity index is 1.03. The van der Waals surface area contributed by atoms with E-state index < -0.39 is 0 Å². The van der Waals surface area contributed by atoms with Crippen molar-refractivity contribution < 1.29 is 0 Å². The van der Waals surface area contributed by atoms with E-state index in [1.165, 1.54) is 21.7 Å². The van der Waals surface area contributed by atoms with Gasteiger partial charge in [0, 0.05) is 38.4 Å². The molecule has 2 aromatic heterocycles. The predicted molar refractivity (Wildman–Crippen MR) is 223 cm³/mol. The molecule has 0 saturated carbocycles. The number of benzene rings is 8. The quantitative estimate of drug-likeness (QED) is 0.163. The lowest BCUT2D eigenvalue weighted by atomic mass is 9.95. The van der Waals surface area contributed by atoms with Crippen LogP contribution in [0.5, 0.6) is 0 Å². The molecule has 0 aliphatic rings. The Labute approximate surface area is 313 Å². The molecule has 0 radical (unpaired) electrons. The summed E-state index contributed by atoms with van der Waals surface area (Å²) in [6.45, 7) is 0. The second-order valence-electron chi connectivity index (χ2n) is 13.5. The van der Waals surface area contributed by atoms with Crippen LogP contribution in [0.25, 0.3) is 100 Å². The summed E-state index contributed by atoms with van der Waals surface area (Å²) in [4.78, 5) is 20.3. The van der Waals surface area contributed by atoms with Gasteiger partial charge in [-0.05, 0) is 39.1 Å². The molecule has 0 fully saturated rings. The standard InChI is InChI=1S/C50H32N4/c1-3-12-33(13-4-1)34-22-26-38(27-23-34)49-52-48(37-15-5-2-6-16-37)53-50(54-49)39-28-24-35(25-29-39)40-17-11-18-41(32-40)46-44-21-10-9-20-43(44)45-31-30-36-14-7-8-19-42(36)47(45)51-46/h1-32H. The molecule has 0 unspecified atom stereocenters. The van der Waals surface area contributed by atoms with E-state index in [0.717, 1.165) is 60.9 Å². The van der Waals surface area contributed by atoms with Crippen LogP contribution >= 0.6 is 0 Å². The largest absolute Gasteiger partial charge is 0.246 e. The zero-order valence-electron chi connectivity index (χ0n) is 29.3. The van der Waals surface area contributed by atoms with Gasteiger partial charge in [-0.1, -0.05) is 188 Å². The molecule has 4 heteroatoms. The molecule has 10 aromatic rings. The van der Waals surface area contributed by atoms with E-state index in [0.29, 0.717) is 17.5 Å². The molecular weight excluding hydrogens is 657 g/mol. The highest BCUT2D eigenvalue weighted by Crippen LogP contribution is 2.37. The second-order valence-corrected chi connectivity index (χ2v) is 13.5. The fourth-order valence-corrected chi connectivity index (χ4v) is 7.36. The lowest BCUT2D eigenvalue weighted by molar-refractivity contribution is 1.07. The number of aromatic nitrogens is 4. The Morgan fingerprint density at radius 3 is 1.33 bits per heavy atom. The van der Waals surface area contributed by atoms with Crippen LogP contribution < -0.4 is 0 Å². The predicted octanol–water partition coefficient (Wildman–Crippen LogP) is 12.7. The Kier molecular flexibility index (Phi) is 7.77. The summed E-state index contributed by atoms with van der Waals surface area (Å²) in [6, 6.07) is 67.5. The van der Waals surface area contributed by atoms with Gasteiger partial charge in [0.05, 0.1) is 11.2 Å². The number of rotatable bonds is 6. The van der Waals surface area contributed by atoms with Crippen molar-refractivity contribution in [1.82, 2.24) is 19.9 Å². The van der Waals surface area contributed by atoms with E-state index in [4.69, 9.17) is 19.9 Å². The maximum Gasteiger partial charge on any atom is 0.164 e. The molecule has 0 amide bonds. The average Bonchev–Trinajstić information content (AvgIpc) is 3.26. The lowest BCUT2D eigenvalue weighted by Crippen LogP contribution is -2.00. The third kappa shape index (κ3) is 5.76. The normalized spacial score (nSPS) is 11.3. The summed E-state index contributed by atoms with van der Waals surface area (Å²) in [6.07, 6.45) is 0. The first kappa shape index (κ1) is 31.4. The van der Waals surface area contributed by atoms with Crippen LogP contribution in [0.4, 0.5) is 0 Å². The summed E-state index contributed by atoms with van der Waals surface area (Å²) in [5.41, 5.74) is 10.4. The van der Waals surface area contributed by atoms with Gasteiger partial charge in [-0.25, -0.2) is 19.9 Å². The van der Waals surface area contributed by atoms with E-state index in [-0.39, 0.29) is 0 Å². The van der Waals surface area contributed by atoms with Crippen molar-refractivity contribution in [2.24, 2.45) is 0 Å². The number of pyridine rings is 1. The van der Waals surface area contributed by atoms with E-state index in [1.807, 2.05) is 36.4 Å². The minimum atomic E-state index is 0.630. The van der Waals surface area contributed by atoms with Gasteiger partial charge in [0.2, 0.25) is 0 Å². The van der Waals surface area contributed by atoms with E-state index in [1.54, 1.807) is 0 Å². The van der Waals surface area contributed by atoms with Crippen molar-refractivity contribution in [3.8, 4) is 67.7 Å². The van der Waals surface area contributed by atoms with Gasteiger partial charge in [-0.15, -0.1) is 0 Å². The van der Waals surface area contributed by atoms with Crippen LogP contribution in [-0.4, -0.2) is 19.9 Å². The van der Waals surface area contributed by atoms with Crippen LogP contribution in [0.15, 0.2) is 194 Å². The van der Waals surface area contributed by atoms with Crippen LogP contribution in [0.1, 0.15) is 0 Å². The highest BCUT2D eigenvalue weighted by Gasteiger charge is 2.15. The van der Waals surface area contributed by atoms with Gasteiger partial charge in [0.25, 0.3) is 0 Å². The minimum absolute atomic E-state index is 0.630. The van der Waals surface area contributed by atoms with Crippen LogP contribution in [0.3, 0.4) is 0 Å². The molecule has 8 aromatic carbocycles. The molecule has 0 saturated heterocycles. The lowest BCUT2D eigenvalue weighted by Gasteiger charge is -2.13. The van der Waals surface area contributed by atoms with E-state index in [2.05, 4.69) is 158 Å². The Bertz CT molecular complexity index is 2960. The van der Waals surface area contributed by atoms with Crippen molar-refractivity contribution in [3.05, 3.63) is 194 Å². The fourth-order valence-electron chi connectivity index (χ4n) is 7.36. The molecule has 54 heavy (non-hydrogen) atoms. The molecular formula is C50H32N4. The number of fused-ring (bicyclic) bond motifs is 5. The monoisotopic (exact) mass is 688 g/mol. The fraction of sp³-hybridized carbons (Fsp3) is 0. The summed E-state index contributed by atoms with van der Waals surface area (Å²) >= 11 is 0. The molecule has 4 nitrogen and oxygen atoms in total. The minimum Gasteiger partial charge on any atom is -0.246 e. The first-order valence-corrected chi connectivity index (χ1v) is 18.1. The molecule has 0 aliphatic heterocycles. The molecule has 0 aliphatic carbocycles. The topological polar surface area (TPSA) is 51.6 Å². The zero-order valence-corrected chi connectivity index (χ0v) is 29.3. The summed E-state index contributed by atoms with van der Waals surface area (Å²) in [5.74, 6) is 1.91. The molecule has 252 valence electrons. The average molecular weight is 689 g/mol. The number of hydrogen-bond donors (Lipinski definition) is 0. The maximum atomic E-state index is 5.35. The van der Waals surface area contributed by atoms with Gasteiger partial charge in [0.15, 0.2) is 17.5 Å². The van der Waals surface area contributed by atoms with Crippen LogP contribution in [0.2, 0.25) is 0 Å². The van der Waals surface area contributed by atoms with Crippen molar-refractivity contribution in [3.63, 3.8) is 0 Å². The van der Waals surface area contributed by atoms with Crippen molar-refractivity contribution in [2.45, 2.75) is 0 Å². The molecule has 0 N–H and O–H groups in total. The van der Waals surface area contributed by atoms with Crippen molar-refractivity contribution in [1.29, 1.82) is 0 Å². The highest BCUT2D eigenvalue weighted by molar-refractivity contribution is 6.18. The van der Waals surface area contributed by atoms with Crippen molar-refractivity contribution in [2.75, 3.05) is 0 Å². The first-order chi connectivity index (χ1) is 26.7. The van der Waals surface area contributed by atoms with Crippen LogP contribution in [0, 0.1) is 0 Å². The number of hydrogen-bond acceptors (Lipinski definition) is 4. The third-order valence-electron chi connectivity index (χ3n) is 10.1. The summed E-state index contributed by atoms with van der Waals surface area (Å²) < 4.78 is 0. The van der Waals surface area contributed by atoms with Gasteiger partial charge in [-0.2, -0.15) is 0 Å². The van der Waals surface area contributed by atoms with Gasteiger partial charge in [-0.3, -0.25) is 0 Å². The SMILES string of the molecule is c1ccc(-c2ccc(-c3nc(-c4ccccc4)nc(-c4ccc(-c5cccc(-c6nc7c8ccccc8ccc7c7ccccc67)c5)cc4)n3)cc2)cc1. The Hall–Kier alpha value is -7.30. The molecule has 2 heterocycles. The molecule has 0 atom stereocenters. The van der Waals surface area contributed by atoms with Crippen molar-refractivity contribution >= 4 is 32.4 Å². The smallest absolute Gasteiger partial charge is 0.164 e. The first-order valence-electron chi connectivity index (χ1n) is 18.1. The van der Waals surface area contributed by atoms with Gasteiger partial charge < -0.3 is 0 Å². The molecule has 0 spiro atoms. The maximum absolute atomic E-state index is 5.35. The summed E-state index contributed by atoms with van der Waals surface area (Å²) in [7, 11) is 0. The Morgan fingerprint density at radius 1 is 0.241 bits per heavy atom. The van der Waals surface area contributed by atoms with E-state index in [9.17, 15) is 0 Å². The van der Waals surface area contributed by atoms with E-state index >= 15 is 0 Å². The Morgan fingerprint density at radius 2 is 0.685 bits per heavy atom. The third-order valence-corrected chi connectivity index (χ3v) is 10.1. The molecule has 10 rings (SSSR count).